The molecule has 108 valence electrons. The first-order chi connectivity index (χ1) is 9.28. The van der Waals surface area contributed by atoms with Crippen LogP contribution in [-0.2, 0) is 4.79 Å². The van der Waals surface area contributed by atoms with Crippen LogP contribution in [0.2, 0.25) is 0 Å². The normalized spacial score (nSPS) is 15.1. The van der Waals surface area contributed by atoms with Gasteiger partial charge in [-0.25, -0.2) is 0 Å². The van der Waals surface area contributed by atoms with Crippen LogP contribution in [0.1, 0.15) is 33.3 Å². The lowest BCUT2D eigenvalue weighted by atomic mass is 9.90. The van der Waals surface area contributed by atoms with E-state index in [0.717, 1.165) is 5.56 Å². The van der Waals surface area contributed by atoms with Crippen LogP contribution in [0, 0.1) is 24.2 Å². The minimum atomic E-state index is -0.887. The summed E-state index contributed by atoms with van der Waals surface area (Å²) in [5, 5.41) is 11.9. The van der Waals surface area contributed by atoms with Crippen LogP contribution >= 0.6 is 0 Å². The molecular formula is C16H22N2O2. The van der Waals surface area contributed by atoms with Crippen molar-refractivity contribution in [2.75, 3.05) is 0 Å². The van der Waals surface area contributed by atoms with Gasteiger partial charge in [-0.05, 0) is 38.8 Å². The standard InChI is InChI=1S/C16H22N2O2/c1-11(2)16(5,10-17)18-15(19)13(4)20-14-8-6-12(3)7-9-14/h6-9,11,13H,1-5H3,(H,18,19)/t13-,16-/m0/s1. The Morgan fingerprint density at radius 2 is 1.85 bits per heavy atom. The molecule has 20 heavy (non-hydrogen) atoms. The van der Waals surface area contributed by atoms with Crippen molar-refractivity contribution in [2.24, 2.45) is 5.92 Å². The summed E-state index contributed by atoms with van der Waals surface area (Å²) in [5.41, 5.74) is 0.244. The Morgan fingerprint density at radius 1 is 1.30 bits per heavy atom. The van der Waals surface area contributed by atoms with Gasteiger partial charge in [-0.15, -0.1) is 0 Å². The number of nitrogens with zero attached hydrogens (tertiary/aromatic N) is 1. The highest BCUT2D eigenvalue weighted by atomic mass is 16.5. The van der Waals surface area contributed by atoms with Crippen molar-refractivity contribution in [3.05, 3.63) is 29.8 Å². The van der Waals surface area contributed by atoms with Gasteiger partial charge in [0.05, 0.1) is 6.07 Å². The predicted molar refractivity (Wildman–Crippen MR) is 78.3 cm³/mol. The first-order valence-corrected chi connectivity index (χ1v) is 6.75. The van der Waals surface area contributed by atoms with E-state index in [1.165, 1.54) is 0 Å². The molecule has 0 fully saturated rings. The number of ether oxygens (including phenoxy) is 1. The first-order valence-electron chi connectivity index (χ1n) is 6.75. The topological polar surface area (TPSA) is 62.1 Å². The lowest BCUT2D eigenvalue weighted by Crippen LogP contribution is -2.52. The van der Waals surface area contributed by atoms with Crippen LogP contribution < -0.4 is 10.1 Å². The van der Waals surface area contributed by atoms with Gasteiger partial charge >= 0.3 is 0 Å². The van der Waals surface area contributed by atoms with Gasteiger partial charge in [0, 0.05) is 0 Å². The van der Waals surface area contributed by atoms with E-state index in [1.54, 1.807) is 13.8 Å². The third-order valence-corrected chi connectivity index (χ3v) is 3.47. The lowest BCUT2D eigenvalue weighted by molar-refractivity contribution is -0.128. The van der Waals surface area contributed by atoms with Crippen molar-refractivity contribution in [2.45, 2.75) is 46.3 Å². The van der Waals surface area contributed by atoms with Crippen LogP contribution in [0.4, 0.5) is 0 Å². The predicted octanol–water partition coefficient (Wildman–Crippen LogP) is 2.82. The number of amides is 1. The molecule has 0 aliphatic carbocycles. The highest BCUT2D eigenvalue weighted by Gasteiger charge is 2.32. The van der Waals surface area contributed by atoms with E-state index in [0.29, 0.717) is 5.75 Å². The second-order valence-corrected chi connectivity index (χ2v) is 5.53. The number of hydrogen-bond donors (Lipinski definition) is 1. The summed E-state index contributed by atoms with van der Waals surface area (Å²) in [6.07, 6.45) is -0.649. The largest absolute Gasteiger partial charge is 0.481 e. The van der Waals surface area contributed by atoms with Gasteiger partial charge in [-0.3, -0.25) is 4.79 Å². The highest BCUT2D eigenvalue weighted by molar-refractivity contribution is 5.81. The minimum Gasteiger partial charge on any atom is -0.481 e. The zero-order valence-corrected chi connectivity index (χ0v) is 12.7. The molecule has 0 spiro atoms. The molecule has 0 aliphatic heterocycles. The molecule has 0 aromatic heterocycles. The molecule has 0 radical (unpaired) electrons. The summed E-state index contributed by atoms with van der Waals surface area (Å²) in [6, 6.07) is 9.64. The second-order valence-electron chi connectivity index (χ2n) is 5.53. The fourth-order valence-electron chi connectivity index (χ4n) is 1.53. The lowest BCUT2D eigenvalue weighted by Gasteiger charge is -2.28. The zero-order chi connectivity index (χ0) is 15.3. The van der Waals surface area contributed by atoms with Gasteiger partial charge in [0.1, 0.15) is 11.3 Å². The molecular weight excluding hydrogens is 252 g/mol. The van der Waals surface area contributed by atoms with Gasteiger partial charge < -0.3 is 10.1 Å². The van der Waals surface area contributed by atoms with E-state index >= 15 is 0 Å². The van der Waals surface area contributed by atoms with Crippen molar-refractivity contribution < 1.29 is 9.53 Å². The maximum absolute atomic E-state index is 12.1. The van der Waals surface area contributed by atoms with Gasteiger partial charge in [0.25, 0.3) is 5.91 Å². The molecule has 0 unspecified atom stereocenters. The van der Waals surface area contributed by atoms with Gasteiger partial charge in [0.2, 0.25) is 0 Å². The fourth-order valence-corrected chi connectivity index (χ4v) is 1.53. The quantitative estimate of drug-likeness (QED) is 0.898. The van der Waals surface area contributed by atoms with E-state index in [9.17, 15) is 10.1 Å². The van der Waals surface area contributed by atoms with Crippen LogP contribution in [0.3, 0.4) is 0 Å². The maximum atomic E-state index is 12.1. The fraction of sp³-hybridized carbons (Fsp3) is 0.500. The van der Waals surface area contributed by atoms with Gasteiger partial charge in [0.15, 0.2) is 6.10 Å². The van der Waals surface area contributed by atoms with Crippen LogP contribution in [0.25, 0.3) is 0 Å². The number of aryl methyl sites for hydroxylation is 1. The highest BCUT2D eigenvalue weighted by Crippen LogP contribution is 2.17. The first kappa shape index (κ1) is 16.0. The molecule has 0 bridgehead atoms. The smallest absolute Gasteiger partial charge is 0.262 e. The number of benzene rings is 1. The van der Waals surface area contributed by atoms with Crippen LogP contribution in [-0.4, -0.2) is 17.6 Å². The molecule has 4 nitrogen and oxygen atoms in total. The van der Waals surface area contributed by atoms with Gasteiger partial charge in [-0.1, -0.05) is 31.5 Å². The number of hydrogen-bond acceptors (Lipinski definition) is 3. The number of nitriles is 1. The van der Waals surface area contributed by atoms with E-state index in [2.05, 4.69) is 11.4 Å². The number of carbonyl (C=O) groups excluding carboxylic acids is 1. The summed E-state index contributed by atoms with van der Waals surface area (Å²) >= 11 is 0. The molecule has 4 heteroatoms. The Hall–Kier alpha value is -2.02. The zero-order valence-electron chi connectivity index (χ0n) is 12.7. The third-order valence-electron chi connectivity index (χ3n) is 3.47. The van der Waals surface area contributed by atoms with Crippen molar-refractivity contribution in [1.82, 2.24) is 5.32 Å². The Kier molecular flexibility index (Phi) is 5.15. The van der Waals surface area contributed by atoms with Crippen molar-refractivity contribution in [3.8, 4) is 11.8 Å². The van der Waals surface area contributed by atoms with E-state index in [1.807, 2.05) is 45.0 Å². The summed E-state index contributed by atoms with van der Waals surface area (Å²) in [6.45, 7) is 9.17. The van der Waals surface area contributed by atoms with Crippen LogP contribution in [0.15, 0.2) is 24.3 Å². The third kappa shape index (κ3) is 3.99. The molecule has 1 aromatic carbocycles. The molecule has 1 rings (SSSR count). The monoisotopic (exact) mass is 274 g/mol. The van der Waals surface area contributed by atoms with Crippen molar-refractivity contribution in [1.29, 1.82) is 5.26 Å². The minimum absolute atomic E-state index is 0.0167. The summed E-state index contributed by atoms with van der Waals surface area (Å²) in [7, 11) is 0. The molecule has 0 saturated heterocycles. The van der Waals surface area contributed by atoms with Crippen molar-refractivity contribution in [3.63, 3.8) is 0 Å². The maximum Gasteiger partial charge on any atom is 0.262 e. The van der Waals surface area contributed by atoms with E-state index in [4.69, 9.17) is 4.74 Å². The Morgan fingerprint density at radius 3 is 2.30 bits per heavy atom. The summed E-state index contributed by atoms with van der Waals surface area (Å²) < 4.78 is 5.58. The molecule has 1 aromatic rings. The molecule has 0 aliphatic rings. The summed E-state index contributed by atoms with van der Waals surface area (Å²) in [4.78, 5) is 12.1. The van der Waals surface area contributed by atoms with Crippen LogP contribution in [0.5, 0.6) is 5.75 Å². The van der Waals surface area contributed by atoms with Crippen molar-refractivity contribution >= 4 is 5.91 Å². The van der Waals surface area contributed by atoms with E-state index < -0.39 is 11.6 Å². The number of carbonyl (C=O) groups is 1. The molecule has 0 saturated carbocycles. The summed E-state index contributed by atoms with van der Waals surface area (Å²) in [5.74, 6) is 0.368. The molecule has 2 atom stereocenters. The van der Waals surface area contributed by atoms with Gasteiger partial charge in [-0.2, -0.15) is 5.26 Å². The molecule has 1 amide bonds. The SMILES string of the molecule is Cc1ccc(O[C@@H](C)C(=O)N[C@@](C)(C#N)C(C)C)cc1. The van der Waals surface area contributed by atoms with E-state index in [-0.39, 0.29) is 11.8 Å². The number of rotatable bonds is 5. The average Bonchev–Trinajstić information content (AvgIpc) is 2.40. The Balaban J connectivity index is 2.68. The Bertz CT molecular complexity index is 502. The number of nitrogens with one attached hydrogen (secondary N) is 1. The molecule has 0 heterocycles. The average molecular weight is 274 g/mol. The second kappa shape index (κ2) is 6.42. The Labute approximate surface area is 120 Å². The molecule has 1 N–H and O–H groups in total.